The van der Waals surface area contributed by atoms with Gasteiger partial charge in [-0.2, -0.15) is 0 Å². The molecule has 3 aliphatic heterocycles. The van der Waals surface area contributed by atoms with Gasteiger partial charge in [-0.3, -0.25) is 9.59 Å². The van der Waals surface area contributed by atoms with Crippen LogP contribution in [0.4, 0.5) is 0 Å². The van der Waals surface area contributed by atoms with Crippen LogP contribution in [-0.2, 0) is 33.3 Å². The molecule has 1 spiro atoms. The van der Waals surface area contributed by atoms with Crippen molar-refractivity contribution in [2.75, 3.05) is 13.7 Å². The number of rotatable bonds is 7. The summed E-state index contributed by atoms with van der Waals surface area (Å²) >= 11 is 0. The number of aromatic hydroxyl groups is 1. The number of aliphatic hydroxyl groups excluding tert-OH is 1. The van der Waals surface area contributed by atoms with Crippen molar-refractivity contribution in [1.82, 2.24) is 0 Å². The molecule has 230 valence electrons. The maximum Gasteiger partial charge on any atom is 0.311 e. The Morgan fingerprint density at radius 1 is 1.10 bits per heavy atom. The van der Waals surface area contributed by atoms with Crippen LogP contribution >= 0.6 is 0 Å². The smallest absolute Gasteiger partial charge is 0.311 e. The maximum atomic E-state index is 13.0. The number of carbonyl (C=O) groups is 2. The van der Waals surface area contributed by atoms with Gasteiger partial charge in [-0.15, -0.1) is 0 Å². The van der Waals surface area contributed by atoms with E-state index in [4.69, 9.17) is 23.7 Å². The Hall–Kier alpha value is -2.24. The molecule has 0 radical (unpaired) electrons. The fourth-order valence-electron chi connectivity index (χ4n) is 6.84. The molecule has 4 rings (SSSR count). The van der Waals surface area contributed by atoms with Crippen molar-refractivity contribution in [1.29, 1.82) is 0 Å². The molecule has 3 N–H and O–H groups in total. The molecule has 3 bridgehead atoms. The highest BCUT2D eigenvalue weighted by molar-refractivity contribution is 5.73. The zero-order chi connectivity index (χ0) is 30.2. The second kappa shape index (κ2) is 12.2. The molecule has 10 heteroatoms. The van der Waals surface area contributed by atoms with Crippen molar-refractivity contribution in [2.24, 2.45) is 23.2 Å². The lowest BCUT2D eigenvalue weighted by atomic mass is 9.66. The Balaban J connectivity index is 1.65. The number of ether oxygens (including phenoxy) is 5. The summed E-state index contributed by atoms with van der Waals surface area (Å²) < 4.78 is 30.4. The molecule has 0 aliphatic carbocycles. The molecular weight excluding hydrogens is 532 g/mol. The fraction of sp³-hybridized carbons (Fsp3) is 0.742. The highest BCUT2D eigenvalue weighted by Gasteiger charge is 2.64. The Morgan fingerprint density at radius 3 is 2.49 bits per heavy atom. The van der Waals surface area contributed by atoms with Crippen LogP contribution in [0.25, 0.3) is 0 Å². The zero-order valence-corrected chi connectivity index (χ0v) is 25.0. The summed E-state index contributed by atoms with van der Waals surface area (Å²) in [5.74, 6) is -5.07. The molecule has 3 heterocycles. The van der Waals surface area contributed by atoms with Crippen LogP contribution in [0, 0.1) is 23.2 Å². The maximum absolute atomic E-state index is 13.0. The largest absolute Gasteiger partial charge is 0.508 e. The minimum Gasteiger partial charge on any atom is -0.508 e. The molecule has 41 heavy (non-hydrogen) atoms. The summed E-state index contributed by atoms with van der Waals surface area (Å²) in [6.45, 7) is 9.35. The minimum atomic E-state index is -1.87. The molecule has 3 aliphatic rings. The van der Waals surface area contributed by atoms with E-state index in [1.54, 1.807) is 25.3 Å². The lowest BCUT2D eigenvalue weighted by Gasteiger charge is -2.61. The first-order chi connectivity index (χ1) is 19.2. The van der Waals surface area contributed by atoms with E-state index in [0.717, 1.165) is 5.56 Å². The van der Waals surface area contributed by atoms with Gasteiger partial charge >= 0.3 is 11.9 Å². The standard InChI is InChI=1S/C31H46O10/c1-18(10-11-24(37-6)21-8-7-9-22(33)12-21)28-20(3)25-15-31(40-28)29(4,5)14-19(2)30(36,41-31)16-27(35)38-23(17-32)13-26(34)39-25/h7-9,12,18-20,23-25,28,32-33,36H,10-11,13-17H2,1-6H3/t18-,19+,20-,23+,24-,25-,28+,30-,31-/m0/s1. The van der Waals surface area contributed by atoms with Crippen molar-refractivity contribution in [3.63, 3.8) is 0 Å². The van der Waals surface area contributed by atoms with Gasteiger partial charge in [0.25, 0.3) is 0 Å². The summed E-state index contributed by atoms with van der Waals surface area (Å²) in [7, 11) is 1.64. The summed E-state index contributed by atoms with van der Waals surface area (Å²) in [6.07, 6.45) is -1.06. The highest BCUT2D eigenvalue weighted by Crippen LogP contribution is 2.57. The molecule has 1 aromatic carbocycles. The number of benzene rings is 1. The summed E-state index contributed by atoms with van der Waals surface area (Å²) in [4.78, 5) is 25.8. The number of methoxy groups -OCH3 is 1. The van der Waals surface area contributed by atoms with Gasteiger partial charge in [0, 0.05) is 30.8 Å². The van der Waals surface area contributed by atoms with Crippen LogP contribution in [0.5, 0.6) is 5.75 Å². The molecule has 3 saturated heterocycles. The first kappa shape index (κ1) is 31.7. The van der Waals surface area contributed by atoms with Crippen LogP contribution in [0.2, 0.25) is 0 Å². The van der Waals surface area contributed by atoms with Gasteiger partial charge < -0.3 is 39.0 Å². The number of aliphatic hydroxyl groups is 2. The number of carbonyl (C=O) groups excluding carboxylic acids is 2. The number of fused-ring (bicyclic) bond motifs is 2. The Morgan fingerprint density at radius 2 is 1.83 bits per heavy atom. The highest BCUT2D eigenvalue weighted by atomic mass is 16.8. The van der Waals surface area contributed by atoms with Crippen LogP contribution in [-0.4, -0.2) is 70.9 Å². The summed E-state index contributed by atoms with van der Waals surface area (Å²) in [6, 6.07) is 7.01. The van der Waals surface area contributed by atoms with Gasteiger partial charge in [0.05, 0.1) is 31.7 Å². The molecular formula is C31H46O10. The van der Waals surface area contributed by atoms with Crippen LogP contribution < -0.4 is 0 Å². The average molecular weight is 579 g/mol. The quantitative estimate of drug-likeness (QED) is 0.407. The monoisotopic (exact) mass is 578 g/mol. The summed E-state index contributed by atoms with van der Waals surface area (Å²) in [5, 5.41) is 31.4. The number of hydrogen-bond acceptors (Lipinski definition) is 10. The van der Waals surface area contributed by atoms with Crippen LogP contribution in [0.3, 0.4) is 0 Å². The van der Waals surface area contributed by atoms with E-state index in [9.17, 15) is 24.9 Å². The van der Waals surface area contributed by atoms with Gasteiger partial charge in [0.2, 0.25) is 0 Å². The predicted octanol–water partition coefficient (Wildman–Crippen LogP) is 4.00. The van der Waals surface area contributed by atoms with E-state index < -0.39 is 66.2 Å². The molecule has 1 aromatic rings. The van der Waals surface area contributed by atoms with Crippen molar-refractivity contribution in [3.05, 3.63) is 29.8 Å². The second-order valence-electron chi connectivity index (χ2n) is 12.9. The number of esters is 2. The third-order valence-electron chi connectivity index (χ3n) is 9.41. The number of hydrogen-bond donors (Lipinski definition) is 3. The third kappa shape index (κ3) is 6.57. The van der Waals surface area contributed by atoms with Crippen molar-refractivity contribution in [3.8, 4) is 5.75 Å². The SMILES string of the molecule is CO[C@@H](CC[C@H](C)[C@H]1O[C@@]23C[C@H](OC(=O)C[C@H](CO)OC(=O)C[C@](O)(O2)[C@H](C)CC3(C)C)[C@@H]1C)c1cccc(O)c1. The molecule has 0 unspecified atom stereocenters. The average Bonchev–Trinajstić information content (AvgIpc) is 2.88. The summed E-state index contributed by atoms with van der Waals surface area (Å²) in [5.41, 5.74) is 0.274. The Labute approximate surface area is 242 Å². The number of phenols is 1. The van der Waals surface area contributed by atoms with Gasteiger partial charge in [-0.05, 0) is 42.9 Å². The number of cyclic esters (lactones) is 1. The van der Waals surface area contributed by atoms with Crippen molar-refractivity contribution in [2.45, 2.75) is 109 Å². The van der Waals surface area contributed by atoms with Crippen LogP contribution in [0.15, 0.2) is 24.3 Å². The van der Waals surface area contributed by atoms with Gasteiger partial charge in [0.15, 0.2) is 11.6 Å². The molecule has 9 atom stereocenters. The first-order valence-electron chi connectivity index (χ1n) is 14.6. The zero-order valence-electron chi connectivity index (χ0n) is 25.0. The van der Waals surface area contributed by atoms with E-state index in [2.05, 4.69) is 6.92 Å². The lowest BCUT2D eigenvalue weighted by molar-refractivity contribution is -0.451. The Kier molecular flexibility index (Phi) is 9.40. The second-order valence-corrected chi connectivity index (χ2v) is 12.9. The normalized spacial score (nSPS) is 37.1. The lowest BCUT2D eigenvalue weighted by Crippen LogP contribution is -2.68. The van der Waals surface area contributed by atoms with Gasteiger partial charge in [0.1, 0.15) is 18.0 Å². The van der Waals surface area contributed by atoms with E-state index in [1.807, 2.05) is 33.8 Å². The van der Waals surface area contributed by atoms with Crippen molar-refractivity contribution >= 4 is 11.9 Å². The molecule has 0 saturated carbocycles. The van der Waals surface area contributed by atoms with E-state index in [0.29, 0.717) is 19.3 Å². The minimum absolute atomic E-state index is 0.0340. The topological polar surface area (TPSA) is 141 Å². The third-order valence-corrected chi connectivity index (χ3v) is 9.41. The molecule has 10 nitrogen and oxygen atoms in total. The predicted molar refractivity (Wildman–Crippen MR) is 147 cm³/mol. The first-order valence-corrected chi connectivity index (χ1v) is 14.6. The van der Waals surface area contributed by atoms with Gasteiger partial charge in [-0.25, -0.2) is 0 Å². The fourth-order valence-corrected chi connectivity index (χ4v) is 6.84. The van der Waals surface area contributed by atoms with Crippen LogP contribution in [0.1, 0.15) is 84.8 Å². The van der Waals surface area contributed by atoms with Crippen molar-refractivity contribution < 1.29 is 48.6 Å². The van der Waals surface area contributed by atoms with Gasteiger partial charge in [-0.1, -0.05) is 46.8 Å². The van der Waals surface area contributed by atoms with E-state index >= 15 is 0 Å². The Bertz CT molecular complexity index is 1090. The molecule has 3 fully saturated rings. The van der Waals surface area contributed by atoms with E-state index in [1.165, 1.54) is 0 Å². The molecule has 0 aromatic heterocycles. The van der Waals surface area contributed by atoms with E-state index in [-0.39, 0.29) is 36.5 Å². The number of phenolic OH excluding ortho intramolecular Hbond substituents is 1. The molecule has 0 amide bonds.